The Morgan fingerprint density at radius 1 is 1.47 bits per heavy atom. The molecule has 15 heavy (non-hydrogen) atoms. The topological polar surface area (TPSA) is 70.6 Å². The van der Waals surface area contributed by atoms with Gasteiger partial charge in [-0.2, -0.15) is 11.8 Å². The van der Waals surface area contributed by atoms with Gasteiger partial charge >= 0.3 is 0 Å². The molecule has 0 saturated carbocycles. The lowest BCUT2D eigenvalue weighted by atomic mass is 10.1. The molecule has 0 aromatic heterocycles. The van der Waals surface area contributed by atoms with Crippen molar-refractivity contribution in [3.05, 3.63) is 0 Å². The molecule has 0 heterocycles. The first-order valence-corrected chi connectivity index (χ1v) is 6.78. The molecular formula is C10H23N3OS. The number of oxime groups is 1. The number of hydrogen-bond donors (Lipinski definition) is 3. The van der Waals surface area contributed by atoms with Crippen molar-refractivity contribution in [3.63, 3.8) is 0 Å². The number of thioether (sulfide) groups is 1. The number of nitrogens with zero attached hydrogens (tertiary/aromatic N) is 1. The van der Waals surface area contributed by atoms with E-state index in [0.29, 0.717) is 5.84 Å². The van der Waals surface area contributed by atoms with Crippen LogP contribution in [0, 0.1) is 5.92 Å². The maximum Gasteiger partial charge on any atom is 0.143 e. The fourth-order valence-electron chi connectivity index (χ4n) is 1.19. The van der Waals surface area contributed by atoms with Crippen LogP contribution in [0.4, 0.5) is 0 Å². The van der Waals surface area contributed by atoms with Gasteiger partial charge in [-0.3, -0.25) is 0 Å². The second-order valence-electron chi connectivity index (χ2n) is 3.68. The molecule has 5 heteroatoms. The van der Waals surface area contributed by atoms with Crippen molar-refractivity contribution >= 4 is 17.6 Å². The molecule has 4 N–H and O–H groups in total. The van der Waals surface area contributed by atoms with Crippen LogP contribution in [-0.2, 0) is 0 Å². The Balaban J connectivity index is 3.24. The second kappa shape index (κ2) is 10.1. The molecule has 0 radical (unpaired) electrons. The van der Waals surface area contributed by atoms with E-state index in [1.807, 2.05) is 18.7 Å². The van der Waals surface area contributed by atoms with Gasteiger partial charge in [0, 0.05) is 12.5 Å². The summed E-state index contributed by atoms with van der Waals surface area (Å²) in [6, 6.07) is 0. The second-order valence-corrected chi connectivity index (χ2v) is 4.67. The summed E-state index contributed by atoms with van der Waals surface area (Å²) in [5.74, 6) is 1.65. The highest BCUT2D eigenvalue weighted by Gasteiger charge is 2.05. The molecule has 0 saturated heterocycles. The highest BCUT2D eigenvalue weighted by atomic mass is 32.2. The third-order valence-corrected chi connectivity index (χ3v) is 2.97. The first-order chi connectivity index (χ1) is 7.22. The number of nitrogens with one attached hydrogen (secondary N) is 1. The smallest absolute Gasteiger partial charge is 0.143 e. The van der Waals surface area contributed by atoms with E-state index in [-0.39, 0.29) is 5.92 Å². The molecule has 0 bridgehead atoms. The van der Waals surface area contributed by atoms with Crippen molar-refractivity contribution in [2.75, 3.05) is 25.1 Å². The quantitative estimate of drug-likeness (QED) is 0.185. The molecule has 0 rings (SSSR count). The van der Waals surface area contributed by atoms with E-state index in [1.165, 1.54) is 25.0 Å². The van der Waals surface area contributed by atoms with E-state index < -0.39 is 0 Å². The lowest BCUT2D eigenvalue weighted by molar-refractivity contribution is 0.314. The summed E-state index contributed by atoms with van der Waals surface area (Å²) in [6.07, 6.45) is 5.89. The predicted molar refractivity (Wildman–Crippen MR) is 67.7 cm³/mol. The maximum absolute atomic E-state index is 8.44. The molecule has 0 fully saturated rings. The average molecular weight is 233 g/mol. The molecule has 0 spiro atoms. The number of hydrogen-bond acceptors (Lipinski definition) is 4. The van der Waals surface area contributed by atoms with Crippen LogP contribution < -0.4 is 11.1 Å². The first-order valence-electron chi connectivity index (χ1n) is 5.39. The molecule has 0 aromatic carbocycles. The number of nitrogens with two attached hydrogens (primary N) is 1. The SMILES string of the molecule is CSCCCCCNCC(C)C(N)=NO. The zero-order valence-electron chi connectivity index (χ0n) is 9.70. The van der Waals surface area contributed by atoms with Crippen molar-refractivity contribution in [3.8, 4) is 0 Å². The van der Waals surface area contributed by atoms with Crippen molar-refractivity contribution in [1.82, 2.24) is 5.32 Å². The number of amidine groups is 1. The van der Waals surface area contributed by atoms with Gasteiger partial charge in [0.05, 0.1) is 0 Å². The van der Waals surface area contributed by atoms with Crippen molar-refractivity contribution in [1.29, 1.82) is 0 Å². The number of rotatable bonds is 9. The zero-order chi connectivity index (χ0) is 11.5. The Bertz CT molecular complexity index is 176. The van der Waals surface area contributed by atoms with Gasteiger partial charge in [-0.05, 0) is 31.4 Å². The summed E-state index contributed by atoms with van der Waals surface area (Å²) in [4.78, 5) is 0. The van der Waals surface area contributed by atoms with E-state index >= 15 is 0 Å². The van der Waals surface area contributed by atoms with E-state index in [2.05, 4.69) is 16.7 Å². The number of unbranched alkanes of at least 4 members (excludes halogenated alkanes) is 2. The Labute approximate surface area is 96.7 Å². The molecule has 0 aliphatic carbocycles. The van der Waals surface area contributed by atoms with E-state index in [9.17, 15) is 0 Å². The summed E-state index contributed by atoms with van der Waals surface area (Å²) in [5, 5.41) is 14.7. The van der Waals surface area contributed by atoms with Crippen LogP contribution in [0.1, 0.15) is 26.2 Å². The molecule has 0 aliphatic rings. The molecule has 90 valence electrons. The van der Waals surface area contributed by atoms with Crippen LogP contribution in [0.3, 0.4) is 0 Å². The van der Waals surface area contributed by atoms with Gasteiger partial charge in [-0.15, -0.1) is 0 Å². The third kappa shape index (κ3) is 8.57. The minimum absolute atomic E-state index is 0.0983. The van der Waals surface area contributed by atoms with Crippen molar-refractivity contribution in [2.24, 2.45) is 16.8 Å². The van der Waals surface area contributed by atoms with Crippen LogP contribution in [0.2, 0.25) is 0 Å². The van der Waals surface area contributed by atoms with Gasteiger partial charge in [0.25, 0.3) is 0 Å². The monoisotopic (exact) mass is 233 g/mol. The predicted octanol–water partition coefficient (Wildman–Crippen LogP) is 1.49. The maximum atomic E-state index is 8.44. The van der Waals surface area contributed by atoms with Crippen LogP contribution in [-0.4, -0.2) is 36.1 Å². The molecule has 1 atom stereocenters. The minimum atomic E-state index is 0.0983. The lowest BCUT2D eigenvalue weighted by Gasteiger charge is -2.10. The van der Waals surface area contributed by atoms with E-state index in [0.717, 1.165) is 13.1 Å². The van der Waals surface area contributed by atoms with Gasteiger partial charge < -0.3 is 16.3 Å². The first kappa shape index (κ1) is 14.6. The fourth-order valence-corrected chi connectivity index (χ4v) is 1.69. The van der Waals surface area contributed by atoms with Gasteiger partial charge in [0.15, 0.2) is 0 Å². The van der Waals surface area contributed by atoms with Crippen molar-refractivity contribution < 1.29 is 5.21 Å². The molecular weight excluding hydrogens is 210 g/mol. The van der Waals surface area contributed by atoms with E-state index in [1.54, 1.807) is 0 Å². The Morgan fingerprint density at radius 2 is 2.20 bits per heavy atom. The Morgan fingerprint density at radius 3 is 2.80 bits per heavy atom. The van der Waals surface area contributed by atoms with Gasteiger partial charge in [-0.1, -0.05) is 18.5 Å². The standard InChI is InChI=1S/C10H23N3OS/c1-9(10(11)13-14)8-12-6-4-3-5-7-15-2/h9,12,14H,3-8H2,1-2H3,(H2,11,13). The molecule has 0 amide bonds. The average Bonchev–Trinajstić information content (AvgIpc) is 2.26. The molecule has 4 nitrogen and oxygen atoms in total. The Kier molecular flexibility index (Phi) is 9.83. The molecule has 0 aliphatic heterocycles. The van der Waals surface area contributed by atoms with Crippen molar-refractivity contribution in [2.45, 2.75) is 26.2 Å². The van der Waals surface area contributed by atoms with Crippen LogP contribution >= 0.6 is 11.8 Å². The van der Waals surface area contributed by atoms with Crippen LogP contribution in [0.15, 0.2) is 5.16 Å². The highest BCUT2D eigenvalue weighted by Crippen LogP contribution is 2.01. The summed E-state index contributed by atoms with van der Waals surface area (Å²) in [6.45, 7) is 3.73. The normalized spacial score (nSPS) is 14.1. The lowest BCUT2D eigenvalue weighted by Crippen LogP contribution is -2.31. The summed E-state index contributed by atoms with van der Waals surface area (Å²) >= 11 is 1.90. The van der Waals surface area contributed by atoms with Crippen LogP contribution in [0.5, 0.6) is 0 Å². The van der Waals surface area contributed by atoms with Gasteiger partial charge in [0.2, 0.25) is 0 Å². The largest absolute Gasteiger partial charge is 0.409 e. The zero-order valence-corrected chi connectivity index (χ0v) is 10.5. The summed E-state index contributed by atoms with van der Waals surface area (Å²) < 4.78 is 0. The summed E-state index contributed by atoms with van der Waals surface area (Å²) in [5.41, 5.74) is 5.45. The third-order valence-electron chi connectivity index (χ3n) is 2.27. The van der Waals surface area contributed by atoms with Gasteiger partial charge in [-0.25, -0.2) is 0 Å². The van der Waals surface area contributed by atoms with Gasteiger partial charge in [0.1, 0.15) is 5.84 Å². The minimum Gasteiger partial charge on any atom is -0.409 e. The molecule has 0 aromatic rings. The fraction of sp³-hybridized carbons (Fsp3) is 0.900. The highest BCUT2D eigenvalue weighted by molar-refractivity contribution is 7.98. The van der Waals surface area contributed by atoms with Crippen LogP contribution in [0.25, 0.3) is 0 Å². The summed E-state index contributed by atoms with van der Waals surface area (Å²) in [7, 11) is 0. The molecule has 1 unspecified atom stereocenters. The Hall–Kier alpha value is -0.420. The van der Waals surface area contributed by atoms with E-state index in [4.69, 9.17) is 10.9 Å².